The van der Waals surface area contributed by atoms with Crippen LogP contribution >= 0.6 is 0 Å². The first-order valence-electron chi connectivity index (χ1n) is 18.9. The van der Waals surface area contributed by atoms with E-state index in [0.717, 1.165) is 65.8 Å². The third kappa shape index (κ3) is 9.04. The molecule has 14 nitrogen and oxygen atoms in total. The van der Waals surface area contributed by atoms with Crippen molar-refractivity contribution in [1.82, 2.24) is 44.9 Å². The van der Waals surface area contributed by atoms with Gasteiger partial charge in [0.1, 0.15) is 11.7 Å². The fourth-order valence-electron chi connectivity index (χ4n) is 7.31. The second-order valence-corrected chi connectivity index (χ2v) is 14.7. The molecule has 14 heteroatoms. The van der Waals surface area contributed by atoms with Gasteiger partial charge in [0.2, 0.25) is 23.3 Å². The molecule has 2 aliphatic heterocycles. The highest BCUT2D eigenvalue weighted by molar-refractivity contribution is 5.94. The molecule has 6 rings (SSSR count). The average Bonchev–Trinajstić information content (AvgIpc) is 3.51. The second-order valence-electron chi connectivity index (χ2n) is 14.7. The lowest BCUT2D eigenvalue weighted by Crippen LogP contribution is -2.58. The molecule has 1 unspecified atom stereocenters. The maximum atomic E-state index is 13.2. The molecule has 2 fully saturated rings. The van der Waals surface area contributed by atoms with Crippen LogP contribution in [-0.4, -0.2) is 97.8 Å². The third-order valence-corrected chi connectivity index (χ3v) is 10.5. The lowest BCUT2D eigenvalue weighted by Gasteiger charge is -2.34. The van der Waals surface area contributed by atoms with E-state index >= 15 is 0 Å². The van der Waals surface area contributed by atoms with Crippen molar-refractivity contribution in [3.63, 3.8) is 0 Å². The van der Waals surface area contributed by atoms with Crippen LogP contribution in [0, 0.1) is 0 Å². The minimum absolute atomic E-state index is 0.0593. The summed E-state index contributed by atoms with van der Waals surface area (Å²) < 4.78 is 3.71. The van der Waals surface area contributed by atoms with Gasteiger partial charge in [0.05, 0.1) is 6.42 Å². The van der Waals surface area contributed by atoms with Gasteiger partial charge >= 0.3 is 0 Å². The van der Waals surface area contributed by atoms with Gasteiger partial charge in [0.25, 0.3) is 5.91 Å². The van der Waals surface area contributed by atoms with Gasteiger partial charge in [0, 0.05) is 119 Å². The van der Waals surface area contributed by atoms with Crippen molar-refractivity contribution in [2.75, 3.05) is 33.2 Å². The molecule has 0 bridgehead atoms. The van der Waals surface area contributed by atoms with Gasteiger partial charge < -0.3 is 30.0 Å². The maximum Gasteiger partial charge on any atom is 0.251 e. The first-order chi connectivity index (χ1) is 26.0. The number of hydrogen-bond donors (Lipinski definition) is 3. The van der Waals surface area contributed by atoms with Crippen molar-refractivity contribution in [1.29, 1.82) is 0 Å². The third-order valence-electron chi connectivity index (χ3n) is 10.5. The maximum absolute atomic E-state index is 13.2. The van der Waals surface area contributed by atoms with E-state index in [4.69, 9.17) is 4.98 Å². The number of aryl methyl sites for hydroxylation is 2. The monoisotopic (exact) mass is 737 g/mol. The molecule has 6 heterocycles. The van der Waals surface area contributed by atoms with E-state index in [1.165, 1.54) is 11.9 Å². The molecule has 2 saturated heterocycles. The van der Waals surface area contributed by atoms with E-state index < -0.39 is 6.04 Å². The Hall–Kier alpha value is -5.37. The zero-order valence-corrected chi connectivity index (χ0v) is 31.6. The smallest absolute Gasteiger partial charge is 0.251 e. The molecule has 1 atom stereocenters. The number of carbonyl (C=O) groups is 4. The SMILES string of the molecule is CNC(=O)CC1C(=O)NCCN1C(=O)CCCCn1cc(CN2CCC(NC(=O)c3ccnc(C(C)C)c3)CC2)c2cc(-c3ccc(=O)n(C)c3)cnc21. The summed E-state index contributed by atoms with van der Waals surface area (Å²) in [6.45, 7) is 7.91. The Morgan fingerprint density at radius 2 is 1.78 bits per heavy atom. The molecule has 0 aromatic carbocycles. The Balaban J connectivity index is 1.12. The van der Waals surface area contributed by atoms with Gasteiger partial charge in [-0.25, -0.2) is 4.98 Å². The molecule has 4 aromatic rings. The molecule has 3 N–H and O–H groups in total. The van der Waals surface area contributed by atoms with Gasteiger partial charge in [-0.1, -0.05) is 13.8 Å². The van der Waals surface area contributed by atoms with Gasteiger partial charge in [-0.3, -0.25) is 33.9 Å². The fraction of sp³-hybridized carbons (Fsp3) is 0.475. The van der Waals surface area contributed by atoms with Crippen LogP contribution in [0.25, 0.3) is 22.2 Å². The van der Waals surface area contributed by atoms with Crippen LogP contribution in [0.15, 0.2) is 59.9 Å². The topological polar surface area (TPSA) is 164 Å². The molecule has 4 amide bonds. The number of likely N-dealkylation sites (tertiary alicyclic amines) is 1. The number of rotatable bonds is 13. The summed E-state index contributed by atoms with van der Waals surface area (Å²) in [5.74, 6) is -0.530. The summed E-state index contributed by atoms with van der Waals surface area (Å²) in [5, 5.41) is 9.57. The largest absolute Gasteiger partial charge is 0.359 e. The van der Waals surface area contributed by atoms with Crippen LogP contribution in [0.3, 0.4) is 0 Å². The molecule has 0 aliphatic carbocycles. The summed E-state index contributed by atoms with van der Waals surface area (Å²) in [6.07, 6.45) is 10.7. The Bertz CT molecular complexity index is 2060. The van der Waals surface area contributed by atoms with Crippen LogP contribution in [0.1, 0.15) is 79.9 Å². The normalized spacial score (nSPS) is 16.8. The average molecular weight is 738 g/mol. The summed E-state index contributed by atoms with van der Waals surface area (Å²) in [4.78, 5) is 76.1. The Morgan fingerprint density at radius 1 is 0.981 bits per heavy atom. The summed E-state index contributed by atoms with van der Waals surface area (Å²) in [5.41, 5.74) is 5.26. The number of nitrogens with one attached hydrogen (secondary N) is 3. The zero-order valence-electron chi connectivity index (χ0n) is 31.6. The summed E-state index contributed by atoms with van der Waals surface area (Å²) in [6, 6.07) is 8.45. The number of carbonyl (C=O) groups excluding carboxylic acids is 4. The predicted molar refractivity (Wildman–Crippen MR) is 206 cm³/mol. The predicted octanol–water partition coefficient (Wildman–Crippen LogP) is 2.95. The van der Waals surface area contributed by atoms with E-state index in [2.05, 4.69) is 56.5 Å². The van der Waals surface area contributed by atoms with E-state index in [9.17, 15) is 24.0 Å². The molecule has 4 aromatic heterocycles. The number of piperazine rings is 1. The second kappa shape index (κ2) is 17.2. The van der Waals surface area contributed by atoms with Gasteiger partial charge in [-0.05, 0) is 67.0 Å². The molecule has 0 saturated carbocycles. The number of unbranched alkanes of at least 4 members (excludes halogenated alkanes) is 1. The highest BCUT2D eigenvalue weighted by atomic mass is 16.2. The van der Waals surface area contributed by atoms with Gasteiger partial charge in [-0.2, -0.15) is 0 Å². The number of hydrogen-bond acceptors (Lipinski definition) is 8. The van der Waals surface area contributed by atoms with E-state index in [1.54, 1.807) is 29.9 Å². The van der Waals surface area contributed by atoms with Crippen LogP contribution < -0.4 is 21.5 Å². The minimum Gasteiger partial charge on any atom is -0.359 e. The van der Waals surface area contributed by atoms with E-state index in [-0.39, 0.29) is 54.0 Å². The van der Waals surface area contributed by atoms with Crippen molar-refractivity contribution in [3.05, 3.63) is 82.3 Å². The molecule has 2 aliphatic rings. The van der Waals surface area contributed by atoms with Crippen molar-refractivity contribution in [3.8, 4) is 11.1 Å². The van der Waals surface area contributed by atoms with E-state index in [0.29, 0.717) is 38.2 Å². The van der Waals surface area contributed by atoms with Crippen molar-refractivity contribution in [2.24, 2.45) is 7.05 Å². The number of pyridine rings is 3. The lowest BCUT2D eigenvalue weighted by molar-refractivity contribution is -0.145. The highest BCUT2D eigenvalue weighted by Gasteiger charge is 2.34. The van der Waals surface area contributed by atoms with Crippen molar-refractivity contribution < 1.29 is 19.2 Å². The quantitative estimate of drug-likeness (QED) is 0.177. The van der Waals surface area contributed by atoms with Gasteiger partial charge in [0.15, 0.2) is 0 Å². The molecular formula is C40H51N9O5. The molecule has 0 spiro atoms. The first-order valence-corrected chi connectivity index (χ1v) is 18.9. The highest BCUT2D eigenvalue weighted by Crippen LogP contribution is 2.28. The van der Waals surface area contributed by atoms with Crippen LogP contribution in [0.4, 0.5) is 0 Å². The molecule has 54 heavy (non-hydrogen) atoms. The van der Waals surface area contributed by atoms with Crippen molar-refractivity contribution in [2.45, 2.75) is 83.5 Å². The zero-order chi connectivity index (χ0) is 38.4. The molecule has 286 valence electrons. The molecular weight excluding hydrogens is 686 g/mol. The molecule has 0 radical (unpaired) electrons. The van der Waals surface area contributed by atoms with Crippen LogP contribution in [0.5, 0.6) is 0 Å². The summed E-state index contributed by atoms with van der Waals surface area (Å²) in [7, 11) is 3.25. The number of aromatic nitrogens is 4. The number of piperidine rings is 1. The lowest BCUT2D eigenvalue weighted by atomic mass is 10.0. The number of nitrogens with zero attached hydrogens (tertiary/aromatic N) is 6. The van der Waals surface area contributed by atoms with Gasteiger partial charge in [-0.15, -0.1) is 0 Å². The summed E-state index contributed by atoms with van der Waals surface area (Å²) >= 11 is 0. The van der Waals surface area contributed by atoms with Crippen LogP contribution in [0.2, 0.25) is 0 Å². The Labute approximate surface area is 315 Å². The Morgan fingerprint density at radius 3 is 2.52 bits per heavy atom. The first kappa shape index (κ1) is 38.4. The van der Waals surface area contributed by atoms with E-state index in [1.807, 2.05) is 24.5 Å². The number of fused-ring (bicyclic) bond motifs is 1. The van der Waals surface area contributed by atoms with Crippen molar-refractivity contribution >= 4 is 34.7 Å². The number of amides is 4. The fourth-order valence-corrected chi connectivity index (χ4v) is 7.31. The minimum atomic E-state index is -0.798. The van der Waals surface area contributed by atoms with Crippen LogP contribution in [-0.2, 0) is 34.5 Å². The Kier molecular flexibility index (Phi) is 12.2. The standard InChI is InChI=1S/C40H51N9O5/c1-26(2)33-20-27(10-13-42-33)39(53)45-31-11-16-47(17-12-31)24-30-25-48(38-32(30)19-29(22-44-38)28-8-9-36(51)46(4)23-28)15-6-5-7-37(52)49-18-14-43-40(54)34(49)21-35(50)41-3/h8-10,13,19-20,22-23,25-26,31,34H,5-7,11-12,14-18,21,24H2,1-4H3,(H,41,50)(H,43,54)(H,45,53).